The maximum absolute atomic E-state index is 10.8. The third kappa shape index (κ3) is 3.20. The molecule has 6 unspecified atom stereocenters. The van der Waals surface area contributed by atoms with Gasteiger partial charge in [-0.3, -0.25) is 4.90 Å². The maximum atomic E-state index is 10.8. The zero-order valence-electron chi connectivity index (χ0n) is 14.0. The summed E-state index contributed by atoms with van der Waals surface area (Å²) in [4.78, 5) is 2.70. The van der Waals surface area contributed by atoms with Crippen LogP contribution in [0.25, 0.3) is 0 Å². The van der Waals surface area contributed by atoms with Crippen molar-refractivity contribution in [2.45, 2.75) is 56.0 Å². The Morgan fingerprint density at radius 1 is 1.16 bits per heavy atom. The molecule has 136 valence electrons. The molecule has 1 fully saturated rings. The van der Waals surface area contributed by atoms with Crippen LogP contribution in [0.1, 0.15) is 18.9 Å². The lowest BCUT2D eigenvalue weighted by Gasteiger charge is -2.47. The Bertz CT molecular complexity index is 654. The van der Waals surface area contributed by atoms with Crippen molar-refractivity contribution >= 4 is 11.8 Å². The number of rotatable bonds is 2. The summed E-state index contributed by atoms with van der Waals surface area (Å²) in [7, 11) is 0. The van der Waals surface area contributed by atoms with E-state index in [4.69, 9.17) is 9.47 Å². The molecule has 6 nitrogen and oxygen atoms in total. The van der Waals surface area contributed by atoms with Crippen LogP contribution in [0.2, 0.25) is 0 Å². The molecule has 3 N–H and O–H groups in total. The molecule has 3 heterocycles. The van der Waals surface area contributed by atoms with E-state index in [-0.39, 0.29) is 0 Å². The van der Waals surface area contributed by atoms with E-state index < -0.39 is 36.1 Å². The minimum Gasteiger partial charge on any atom is -0.467 e. The lowest BCUT2D eigenvalue weighted by atomic mass is 10.0. The van der Waals surface area contributed by atoms with Crippen LogP contribution < -0.4 is 0 Å². The van der Waals surface area contributed by atoms with Gasteiger partial charge < -0.3 is 24.8 Å². The lowest BCUT2D eigenvalue weighted by Crippen LogP contribution is -2.58. The number of nitrogens with zero attached hydrogens (tertiary/aromatic N) is 1. The number of fused-ring (bicyclic) bond motifs is 1. The summed E-state index contributed by atoms with van der Waals surface area (Å²) < 4.78 is 11.6. The maximum Gasteiger partial charge on any atom is 0.214 e. The molecule has 1 aromatic carbocycles. The molecular weight excluding hydrogens is 342 g/mol. The van der Waals surface area contributed by atoms with Crippen molar-refractivity contribution in [3.05, 3.63) is 46.6 Å². The topological polar surface area (TPSA) is 82.4 Å². The van der Waals surface area contributed by atoms with E-state index in [1.54, 1.807) is 6.92 Å². The molecule has 3 aliphatic rings. The third-order valence-electron chi connectivity index (χ3n) is 5.02. The number of hydrogen-bond donors (Lipinski definition) is 3. The molecule has 0 spiro atoms. The highest BCUT2D eigenvalue weighted by molar-refractivity contribution is 8.03. The van der Waals surface area contributed by atoms with Crippen molar-refractivity contribution in [3.63, 3.8) is 0 Å². The molecule has 3 aliphatic heterocycles. The van der Waals surface area contributed by atoms with E-state index in [1.165, 1.54) is 11.8 Å². The number of hydrogen-bond acceptors (Lipinski definition) is 7. The van der Waals surface area contributed by atoms with Gasteiger partial charge in [0.05, 0.1) is 11.0 Å². The van der Waals surface area contributed by atoms with E-state index in [0.717, 1.165) is 11.3 Å². The largest absolute Gasteiger partial charge is 0.467 e. The van der Waals surface area contributed by atoms with Crippen molar-refractivity contribution in [1.82, 2.24) is 4.90 Å². The molecule has 7 heteroatoms. The summed E-state index contributed by atoms with van der Waals surface area (Å²) in [5.74, 6) is 0.735. The smallest absolute Gasteiger partial charge is 0.214 e. The standard InChI is InChI=1S/C18H23NO5S/c1-10-13(20)14(21)16-18(23-10)24-12-7-8-19(17(22)15(12)25-16)9-11-5-3-2-4-6-11/h2-6,10,13-14,16-18,20-22H,7-9H2,1H3. The Balaban J connectivity index is 1.52. The predicted octanol–water partition coefficient (Wildman–Crippen LogP) is 1.02. The average molecular weight is 365 g/mol. The Kier molecular flexibility index (Phi) is 4.79. The molecule has 0 radical (unpaired) electrons. The molecule has 0 bridgehead atoms. The van der Waals surface area contributed by atoms with Crippen molar-refractivity contribution in [2.75, 3.05) is 6.54 Å². The number of ether oxygens (including phenoxy) is 2. The molecule has 25 heavy (non-hydrogen) atoms. The van der Waals surface area contributed by atoms with Crippen LogP contribution in [-0.4, -0.2) is 62.8 Å². The molecule has 6 atom stereocenters. The Labute approximate surface area is 151 Å². The molecule has 4 rings (SSSR count). The zero-order valence-corrected chi connectivity index (χ0v) is 14.8. The van der Waals surface area contributed by atoms with Crippen molar-refractivity contribution < 1.29 is 24.8 Å². The van der Waals surface area contributed by atoms with Crippen molar-refractivity contribution in [2.24, 2.45) is 0 Å². The first-order valence-corrected chi connectivity index (χ1v) is 9.46. The van der Waals surface area contributed by atoms with Gasteiger partial charge in [0.25, 0.3) is 0 Å². The van der Waals surface area contributed by atoms with E-state index in [2.05, 4.69) is 0 Å². The molecule has 0 amide bonds. The van der Waals surface area contributed by atoms with E-state index in [0.29, 0.717) is 24.4 Å². The zero-order chi connectivity index (χ0) is 17.6. The van der Waals surface area contributed by atoms with Crippen molar-refractivity contribution in [3.8, 4) is 0 Å². The molecule has 1 aromatic rings. The summed E-state index contributed by atoms with van der Waals surface area (Å²) in [6.07, 6.45) is -3.08. The highest BCUT2D eigenvalue weighted by atomic mass is 32.2. The molecular formula is C18H23NO5S. The van der Waals surface area contributed by atoms with E-state index in [9.17, 15) is 15.3 Å². The van der Waals surface area contributed by atoms with Crippen LogP contribution >= 0.6 is 11.8 Å². The normalized spacial score (nSPS) is 38.7. The van der Waals surface area contributed by atoms with Gasteiger partial charge in [-0.1, -0.05) is 30.3 Å². The summed E-state index contributed by atoms with van der Waals surface area (Å²) in [5.41, 5.74) is 1.13. The van der Waals surface area contributed by atoms with Crippen LogP contribution in [0.15, 0.2) is 41.0 Å². The van der Waals surface area contributed by atoms with Gasteiger partial charge in [0, 0.05) is 19.5 Å². The summed E-state index contributed by atoms with van der Waals surface area (Å²) in [6, 6.07) is 10.0. The highest BCUT2D eigenvalue weighted by Crippen LogP contribution is 2.45. The van der Waals surface area contributed by atoms with Gasteiger partial charge in [0.1, 0.15) is 29.4 Å². The first kappa shape index (κ1) is 17.3. The van der Waals surface area contributed by atoms with Crippen LogP contribution in [-0.2, 0) is 16.0 Å². The lowest BCUT2D eigenvalue weighted by molar-refractivity contribution is -0.232. The third-order valence-corrected chi connectivity index (χ3v) is 6.48. The Hall–Kier alpha value is -1.09. The minimum absolute atomic E-state index is 0.448. The average Bonchev–Trinajstić information content (AvgIpc) is 2.62. The van der Waals surface area contributed by atoms with E-state index in [1.807, 2.05) is 35.2 Å². The van der Waals surface area contributed by atoms with E-state index >= 15 is 0 Å². The van der Waals surface area contributed by atoms with Gasteiger partial charge in [0.2, 0.25) is 6.29 Å². The highest BCUT2D eigenvalue weighted by Gasteiger charge is 2.49. The summed E-state index contributed by atoms with van der Waals surface area (Å²) in [5, 5.41) is 30.8. The van der Waals surface area contributed by atoms with Gasteiger partial charge in [-0.2, -0.15) is 0 Å². The van der Waals surface area contributed by atoms with Crippen molar-refractivity contribution in [1.29, 1.82) is 0 Å². The predicted molar refractivity (Wildman–Crippen MR) is 93.3 cm³/mol. The fourth-order valence-corrected chi connectivity index (χ4v) is 4.91. The summed E-state index contributed by atoms with van der Waals surface area (Å²) >= 11 is 1.36. The fourth-order valence-electron chi connectivity index (χ4n) is 3.54. The van der Waals surface area contributed by atoms with Crippen LogP contribution in [0.3, 0.4) is 0 Å². The van der Waals surface area contributed by atoms with Gasteiger partial charge >= 0.3 is 0 Å². The Morgan fingerprint density at radius 3 is 2.68 bits per heavy atom. The molecule has 0 saturated carbocycles. The second-order valence-corrected chi connectivity index (χ2v) is 7.98. The first-order valence-electron chi connectivity index (χ1n) is 8.58. The van der Waals surface area contributed by atoms with Gasteiger partial charge in [-0.15, -0.1) is 11.8 Å². The number of benzene rings is 1. The molecule has 1 saturated heterocycles. The quantitative estimate of drug-likeness (QED) is 0.722. The minimum atomic E-state index is -0.958. The number of aliphatic hydroxyl groups is 3. The fraction of sp³-hybridized carbons (Fsp3) is 0.556. The molecule has 0 aromatic heterocycles. The second-order valence-electron chi connectivity index (χ2n) is 6.76. The van der Waals surface area contributed by atoms with Gasteiger partial charge in [-0.05, 0) is 12.5 Å². The second kappa shape index (κ2) is 6.90. The van der Waals surface area contributed by atoms with Crippen LogP contribution in [0.5, 0.6) is 0 Å². The first-order chi connectivity index (χ1) is 12.0. The van der Waals surface area contributed by atoms with Gasteiger partial charge in [-0.25, -0.2) is 0 Å². The van der Waals surface area contributed by atoms with Crippen LogP contribution in [0.4, 0.5) is 0 Å². The molecule has 0 aliphatic carbocycles. The SMILES string of the molecule is CC1OC2OC3=C(SC2C(O)C1O)C(O)N(Cc1ccccc1)CC3. The van der Waals surface area contributed by atoms with Gasteiger partial charge in [0.15, 0.2) is 0 Å². The Morgan fingerprint density at radius 2 is 1.92 bits per heavy atom. The number of thioether (sulfide) groups is 1. The monoisotopic (exact) mass is 365 g/mol. The summed E-state index contributed by atoms with van der Waals surface area (Å²) in [6.45, 7) is 3.05. The number of aliphatic hydroxyl groups excluding tert-OH is 3. The van der Waals surface area contributed by atoms with Crippen LogP contribution in [0, 0.1) is 0 Å².